The molecule has 0 fully saturated rings. The third kappa shape index (κ3) is 8.82. The Kier molecular flexibility index (Phi) is 14.4. The minimum absolute atomic E-state index is 0. The molecule has 0 unspecified atom stereocenters. The predicted molar refractivity (Wildman–Crippen MR) is 151 cm³/mol. The fraction of sp³-hybridized carbons (Fsp3) is 0.133. The molecule has 0 amide bonds. The molecule has 0 nitrogen and oxygen atoms in total. The molecule has 0 N–H and O–H groups in total. The molecule has 0 aliphatic carbocycles. The summed E-state index contributed by atoms with van der Waals surface area (Å²) in [4.78, 5) is 0. The summed E-state index contributed by atoms with van der Waals surface area (Å²) in [6, 6.07) is 32.1. The first kappa shape index (κ1) is 31.2. The Bertz CT molecular complexity index is 1170. The van der Waals surface area contributed by atoms with Crippen LogP contribution in [-0.4, -0.2) is 3.71 Å². The van der Waals surface area contributed by atoms with Crippen LogP contribution in [0.25, 0.3) is 21.5 Å². The molecule has 0 atom stereocenters. The molecule has 0 aromatic heterocycles. The Hall–Kier alpha value is -1.79. The van der Waals surface area contributed by atoms with Gasteiger partial charge in [-0.05, 0) is 13.8 Å². The molecule has 33 heavy (non-hydrogen) atoms. The van der Waals surface area contributed by atoms with E-state index < -0.39 is 0 Å². The van der Waals surface area contributed by atoms with Crippen LogP contribution < -0.4 is 0 Å². The zero-order valence-corrected chi connectivity index (χ0v) is 24.1. The maximum atomic E-state index is 2.24. The zero-order chi connectivity index (χ0) is 21.5. The molecule has 0 aliphatic rings. The number of fused-ring (bicyclic) bond motifs is 2. The van der Waals surface area contributed by atoms with Crippen LogP contribution in [0.2, 0.25) is 0 Å². The second-order valence-electron chi connectivity index (χ2n) is 7.78. The Morgan fingerprint density at radius 3 is 1.36 bits per heavy atom. The van der Waals surface area contributed by atoms with Crippen molar-refractivity contribution in [3.8, 4) is 0 Å². The summed E-state index contributed by atoms with van der Waals surface area (Å²) in [5, 5.41) is 5.51. The van der Waals surface area contributed by atoms with Crippen LogP contribution in [0.15, 0.2) is 91.0 Å². The van der Waals surface area contributed by atoms with E-state index in [0.29, 0.717) is 0 Å². The molecular weight excluding hydrogens is 522 g/mol. The van der Waals surface area contributed by atoms with Crippen LogP contribution in [0.3, 0.4) is 0 Å². The number of rotatable bonds is 1. The van der Waals surface area contributed by atoms with Crippen LogP contribution in [0.1, 0.15) is 27.8 Å². The second kappa shape index (κ2) is 15.2. The molecule has 3 heteroatoms. The molecule has 174 valence electrons. The van der Waals surface area contributed by atoms with Crippen LogP contribution in [0.4, 0.5) is 0 Å². The summed E-state index contributed by atoms with van der Waals surface area (Å²) >= 11 is 1.46. The number of halogens is 2. The van der Waals surface area contributed by atoms with Crippen molar-refractivity contribution in [2.45, 2.75) is 27.7 Å². The van der Waals surface area contributed by atoms with Gasteiger partial charge in [0.15, 0.2) is 0 Å². The minimum atomic E-state index is 0. The van der Waals surface area contributed by atoms with Gasteiger partial charge in [-0.1, -0.05) is 37.1 Å². The van der Waals surface area contributed by atoms with Gasteiger partial charge >= 0.3 is 63.8 Å². The van der Waals surface area contributed by atoms with Gasteiger partial charge in [-0.25, -0.2) is 0 Å². The number of benzene rings is 3. The van der Waals surface area contributed by atoms with Crippen LogP contribution in [-0.2, 0) is 24.2 Å². The van der Waals surface area contributed by atoms with E-state index >= 15 is 0 Å². The molecule has 0 saturated heterocycles. The number of hydrogen-bond donors (Lipinski definition) is 0. The van der Waals surface area contributed by atoms with Gasteiger partial charge in [-0.2, -0.15) is 12.1 Å². The van der Waals surface area contributed by atoms with Gasteiger partial charge in [0.1, 0.15) is 0 Å². The third-order valence-electron chi connectivity index (χ3n) is 5.19. The van der Waals surface area contributed by atoms with Crippen LogP contribution in [0, 0.1) is 35.1 Å². The van der Waals surface area contributed by atoms with E-state index in [1.807, 2.05) is 6.07 Å². The monoisotopic (exact) mass is 553 g/mol. The van der Waals surface area contributed by atoms with Crippen molar-refractivity contribution in [1.82, 2.24) is 0 Å². The molecule has 0 aliphatic heterocycles. The van der Waals surface area contributed by atoms with Gasteiger partial charge in [-0.3, -0.25) is 0 Å². The molecule has 0 saturated carbocycles. The maximum absolute atomic E-state index is 2.24. The van der Waals surface area contributed by atoms with Crippen molar-refractivity contribution in [1.29, 1.82) is 0 Å². The summed E-state index contributed by atoms with van der Waals surface area (Å²) in [5.41, 5.74) is 6.78. The van der Waals surface area contributed by atoms with E-state index in [1.54, 1.807) is 0 Å². The number of aryl methyl sites for hydroxylation is 4. The summed E-state index contributed by atoms with van der Waals surface area (Å²) < 4.78 is 2.17. The van der Waals surface area contributed by atoms with E-state index in [9.17, 15) is 0 Å². The number of hydrogen-bond acceptors (Lipinski definition) is 0. The van der Waals surface area contributed by atoms with Gasteiger partial charge in [0.05, 0.1) is 0 Å². The van der Waals surface area contributed by atoms with E-state index in [-0.39, 0.29) is 32.2 Å². The Morgan fingerprint density at radius 1 is 0.606 bits per heavy atom. The van der Waals surface area contributed by atoms with Gasteiger partial charge in [-0.15, -0.1) is 93.9 Å². The molecule has 0 radical (unpaired) electrons. The standard InChI is InChI=1S/2C11H11.C7H6.CH3.2ClH.Zr/c2*1-8-6-10-5-3-4-9(2)11(10)7-8;1-7-5-3-2-4-6-7;;;;/h2*3-7H,1-2H3;1-6H;1H3;2*1H;/q2*-1;;-1;;;. The van der Waals surface area contributed by atoms with Crippen molar-refractivity contribution >= 4 is 50.1 Å². The average Bonchev–Trinajstić information content (AvgIpc) is 3.32. The molecular formula is C30H33Cl2Zr-3. The topological polar surface area (TPSA) is 0 Å². The third-order valence-corrected chi connectivity index (χ3v) is 6.01. The molecule has 0 bridgehead atoms. The first-order valence-electron chi connectivity index (χ1n) is 10.3. The van der Waals surface area contributed by atoms with Gasteiger partial charge < -0.3 is 7.43 Å². The quantitative estimate of drug-likeness (QED) is 0.181. The fourth-order valence-electron chi connectivity index (χ4n) is 3.63. The normalized spacial score (nSPS) is 9.18. The van der Waals surface area contributed by atoms with Crippen molar-refractivity contribution in [2.24, 2.45) is 0 Å². The van der Waals surface area contributed by atoms with Crippen LogP contribution in [0.5, 0.6) is 0 Å². The molecule has 0 heterocycles. The summed E-state index contributed by atoms with van der Waals surface area (Å²) in [6.07, 6.45) is 0. The predicted octanol–water partition coefficient (Wildman–Crippen LogP) is 9.03. The average molecular weight is 556 g/mol. The zero-order valence-electron chi connectivity index (χ0n) is 20.1. The Morgan fingerprint density at radius 2 is 1.03 bits per heavy atom. The Balaban J connectivity index is 0.000000451. The van der Waals surface area contributed by atoms with Gasteiger partial charge in [0.2, 0.25) is 0 Å². The second-order valence-corrected chi connectivity index (χ2v) is 8.49. The van der Waals surface area contributed by atoms with Gasteiger partial charge in [0, 0.05) is 0 Å². The molecule has 0 spiro atoms. The van der Waals surface area contributed by atoms with E-state index in [0.717, 1.165) is 0 Å². The first-order valence-corrected chi connectivity index (χ1v) is 11.7. The van der Waals surface area contributed by atoms with Crippen molar-refractivity contribution in [3.63, 3.8) is 0 Å². The van der Waals surface area contributed by atoms with E-state index in [4.69, 9.17) is 0 Å². The molecule has 5 rings (SSSR count). The fourth-order valence-corrected chi connectivity index (χ4v) is 4.10. The SMILES string of the molecule is Cc1cc2c(C)cccc2[cH-]1.Cc1cc2c(C)cccc2[cH-]1.Cl.Cl.[CH3-].[Zr]=[CH]c1ccccc1. The van der Waals surface area contributed by atoms with E-state index in [2.05, 4.69) is 116 Å². The summed E-state index contributed by atoms with van der Waals surface area (Å²) in [7, 11) is 0. The Labute approximate surface area is 226 Å². The summed E-state index contributed by atoms with van der Waals surface area (Å²) in [6.45, 7) is 8.59. The van der Waals surface area contributed by atoms with Crippen molar-refractivity contribution in [3.05, 3.63) is 126 Å². The van der Waals surface area contributed by atoms with Gasteiger partial charge in [0.25, 0.3) is 0 Å². The van der Waals surface area contributed by atoms with Crippen molar-refractivity contribution in [2.75, 3.05) is 0 Å². The summed E-state index contributed by atoms with van der Waals surface area (Å²) in [5.74, 6) is 0. The molecule has 5 aromatic rings. The van der Waals surface area contributed by atoms with E-state index in [1.165, 1.54) is 73.6 Å². The van der Waals surface area contributed by atoms with Crippen molar-refractivity contribution < 1.29 is 24.2 Å². The van der Waals surface area contributed by atoms with Crippen LogP contribution >= 0.6 is 24.8 Å². The molecule has 5 aromatic carbocycles. The first-order chi connectivity index (χ1) is 14.5.